The molecule has 0 saturated carbocycles. The van der Waals surface area contributed by atoms with Gasteiger partial charge in [-0.3, -0.25) is 57.5 Å². The minimum atomic E-state index is -1.24. The zero-order chi connectivity index (χ0) is 64.0. The first-order valence-electron chi connectivity index (χ1n) is 29.1. The lowest BCUT2D eigenvalue weighted by Crippen LogP contribution is -2.60. The Hall–Kier alpha value is -6.08. The number of rotatable bonds is 36. The lowest BCUT2D eigenvalue weighted by Gasteiger charge is -2.42. The molecular formula is C57H94N12O13S3. The number of carbonyl (C=O) groups excluding carboxylic acids is 13. The van der Waals surface area contributed by atoms with E-state index < -0.39 is 101 Å². The van der Waals surface area contributed by atoms with Gasteiger partial charge in [0.15, 0.2) is 0 Å². The summed E-state index contributed by atoms with van der Waals surface area (Å²) < 4.78 is 0. The van der Waals surface area contributed by atoms with Crippen LogP contribution in [0.4, 0.5) is 0 Å². The van der Waals surface area contributed by atoms with Gasteiger partial charge in [0.1, 0.15) is 48.6 Å². The zero-order valence-corrected chi connectivity index (χ0v) is 54.0. The van der Waals surface area contributed by atoms with Crippen LogP contribution in [0, 0.1) is 17.8 Å². The second-order valence-corrected chi connectivity index (χ2v) is 25.6. The number of thioether (sulfide) groups is 3. The normalized spacial score (nSPS) is 16.6. The molecule has 0 spiro atoms. The van der Waals surface area contributed by atoms with Crippen molar-refractivity contribution in [1.82, 2.24) is 61.7 Å². The Bertz CT molecular complexity index is 2330. The molecule has 85 heavy (non-hydrogen) atoms. The number of nitrogens with one attached hydrogen (secondary N) is 7. The number of hydrogen-bond donors (Lipinski definition) is 7. The van der Waals surface area contributed by atoms with Crippen molar-refractivity contribution in [2.75, 3.05) is 75.2 Å². The fourth-order valence-corrected chi connectivity index (χ4v) is 10.9. The van der Waals surface area contributed by atoms with Crippen molar-refractivity contribution in [3.63, 3.8) is 0 Å². The van der Waals surface area contributed by atoms with Crippen molar-refractivity contribution in [3.05, 3.63) is 0 Å². The molecule has 2 fully saturated rings. The molecule has 0 aromatic rings. The van der Waals surface area contributed by atoms with E-state index in [1.807, 2.05) is 40.2 Å². The van der Waals surface area contributed by atoms with Crippen LogP contribution in [0.2, 0.25) is 0 Å². The van der Waals surface area contributed by atoms with Crippen LogP contribution in [-0.4, -0.2) is 225 Å². The third kappa shape index (κ3) is 27.0. The van der Waals surface area contributed by atoms with Gasteiger partial charge in [0.2, 0.25) is 70.9 Å². The zero-order valence-electron chi connectivity index (χ0n) is 51.6. The first-order chi connectivity index (χ1) is 40.1. The summed E-state index contributed by atoms with van der Waals surface area (Å²) in [6, 6.07) is -8.79. The van der Waals surface area contributed by atoms with Crippen LogP contribution in [0.5, 0.6) is 0 Å². The van der Waals surface area contributed by atoms with E-state index in [0.717, 1.165) is 0 Å². The van der Waals surface area contributed by atoms with Gasteiger partial charge in [-0.15, -0.1) is 12.3 Å². The molecule has 0 unspecified atom stereocenters. The first-order valence-corrected chi connectivity index (χ1v) is 33.0. The van der Waals surface area contributed by atoms with Crippen LogP contribution in [0.1, 0.15) is 139 Å². The molecule has 7 N–H and O–H groups in total. The molecular weight excluding hydrogens is 1160 g/mol. The summed E-state index contributed by atoms with van der Waals surface area (Å²) in [6.07, 6.45) is 12.7. The van der Waals surface area contributed by atoms with Gasteiger partial charge in [0.05, 0.1) is 26.0 Å². The van der Waals surface area contributed by atoms with Gasteiger partial charge >= 0.3 is 0 Å². The fraction of sp³-hybridized carbons (Fsp3) is 0.737. The van der Waals surface area contributed by atoms with Gasteiger partial charge in [-0.25, -0.2) is 0 Å². The summed E-state index contributed by atoms with van der Waals surface area (Å²) in [7, 11) is 0. The van der Waals surface area contributed by atoms with E-state index in [9.17, 15) is 62.3 Å². The number of carbonyl (C=O) groups is 13. The van der Waals surface area contributed by atoms with E-state index in [2.05, 4.69) is 43.1 Å². The highest BCUT2D eigenvalue weighted by Gasteiger charge is 2.40. The third-order valence-corrected chi connectivity index (χ3v) is 16.2. The molecule has 8 atom stereocenters. The van der Waals surface area contributed by atoms with Crippen molar-refractivity contribution in [2.24, 2.45) is 5.41 Å². The van der Waals surface area contributed by atoms with Crippen molar-refractivity contribution >= 4 is 112 Å². The van der Waals surface area contributed by atoms with Crippen molar-refractivity contribution in [3.8, 4) is 12.3 Å². The topological polar surface area (TPSA) is 322 Å². The van der Waals surface area contributed by atoms with Crippen LogP contribution >= 0.6 is 35.3 Å². The predicted octanol–water partition coefficient (Wildman–Crippen LogP) is 0.929. The molecule has 0 aliphatic carbocycles. The Morgan fingerprint density at radius 2 is 1.25 bits per heavy atom. The van der Waals surface area contributed by atoms with E-state index in [0.29, 0.717) is 43.5 Å². The molecule has 2 heterocycles. The monoisotopic (exact) mass is 1250 g/mol. The Balaban J connectivity index is 2.15. The van der Waals surface area contributed by atoms with Gasteiger partial charge in [0.25, 0.3) is 0 Å². The van der Waals surface area contributed by atoms with Gasteiger partial charge in [-0.05, 0) is 90.6 Å². The third-order valence-electron chi connectivity index (χ3n) is 13.9. The largest absolute Gasteiger partial charge is 0.356 e. The summed E-state index contributed by atoms with van der Waals surface area (Å²) in [5.74, 6) is -1.81. The molecule has 0 aromatic heterocycles. The maximum Gasteiger partial charge on any atom is 0.245 e. The Kier molecular flexibility index (Phi) is 34.3. The quantitative estimate of drug-likeness (QED) is 0.0261. The van der Waals surface area contributed by atoms with Crippen LogP contribution in [0.25, 0.3) is 0 Å². The molecule has 0 radical (unpaired) electrons. The molecule has 0 bridgehead atoms. The number of aldehydes is 1. The van der Waals surface area contributed by atoms with E-state index in [1.165, 1.54) is 94.4 Å². The molecule has 478 valence electrons. The number of likely N-dealkylation sites (tertiary alicyclic amines) is 1. The smallest absolute Gasteiger partial charge is 0.245 e. The summed E-state index contributed by atoms with van der Waals surface area (Å²) in [5.41, 5.74) is -0.463. The standard InChI is InChI=1S/C57H94N12O13S3/c1-13-15-21-46(72)58-25-17-16-19-43(63-52(78)40(6)68(26-14-2)56(82)44(31-57(8,9)10)64-51(77)37(3)59-41(7)71)53(79)61-39(5)55(81)69-27-18-20-45(69)54(80)60-38(4)50(76)62-42(32-70)33-85-30-24-49(75)67-35-65(47(73)22-28-83-11)34-66(36-67)48(74)23-29-84-12/h1,32,37-40,42-45H,14-31,33-36H2,2-12H3,(H,58,72)(H,59,71)(H,60,80)(H,61,79)(H,62,76)(H,63,78)(H,64,77)/t37-,38-,39+,40-,42+,43-,44-,45-/m0/s1. The van der Waals surface area contributed by atoms with E-state index >= 15 is 0 Å². The van der Waals surface area contributed by atoms with Crippen LogP contribution in [0.15, 0.2) is 0 Å². The molecule has 2 rings (SSSR count). The first kappa shape index (κ1) is 75.0. The molecule has 2 saturated heterocycles. The Morgan fingerprint density at radius 1 is 0.694 bits per heavy atom. The van der Waals surface area contributed by atoms with E-state index in [-0.39, 0.29) is 126 Å². The lowest BCUT2D eigenvalue weighted by molar-refractivity contribution is -0.158. The number of hydrogen-bond acceptors (Lipinski definition) is 16. The van der Waals surface area contributed by atoms with Crippen LogP contribution in [-0.2, 0) is 62.3 Å². The lowest BCUT2D eigenvalue weighted by atomic mass is 9.87. The highest BCUT2D eigenvalue weighted by Crippen LogP contribution is 2.24. The van der Waals surface area contributed by atoms with Gasteiger partial charge in [-0.2, -0.15) is 35.3 Å². The molecule has 12 amide bonds. The van der Waals surface area contributed by atoms with Crippen molar-refractivity contribution in [2.45, 2.75) is 188 Å². The molecule has 2 aliphatic rings. The average Bonchev–Trinajstić information content (AvgIpc) is 3.50. The fourth-order valence-electron chi connectivity index (χ4n) is 9.27. The number of nitrogens with zero attached hydrogens (tertiary/aromatic N) is 5. The van der Waals surface area contributed by atoms with Gasteiger partial charge in [-0.1, -0.05) is 27.7 Å². The maximum atomic E-state index is 14.4. The Morgan fingerprint density at radius 3 is 1.78 bits per heavy atom. The maximum absolute atomic E-state index is 14.4. The Labute approximate surface area is 514 Å². The molecule has 2 aliphatic heterocycles. The summed E-state index contributed by atoms with van der Waals surface area (Å²) in [5, 5.41) is 18.7. The number of terminal acetylenes is 1. The molecule has 28 heteroatoms. The van der Waals surface area contributed by atoms with Gasteiger partial charge < -0.3 is 66.5 Å². The molecule has 0 aromatic carbocycles. The summed E-state index contributed by atoms with van der Waals surface area (Å²) in [4.78, 5) is 180. The minimum absolute atomic E-state index is 0.0386. The summed E-state index contributed by atoms with van der Waals surface area (Å²) in [6.45, 7) is 15.3. The second kappa shape index (κ2) is 38.9. The van der Waals surface area contributed by atoms with E-state index in [1.54, 1.807) is 0 Å². The molecule has 25 nitrogen and oxygen atoms in total. The van der Waals surface area contributed by atoms with Crippen molar-refractivity contribution < 1.29 is 62.3 Å². The second-order valence-electron chi connectivity index (χ2n) is 22.5. The highest BCUT2D eigenvalue weighted by atomic mass is 32.2. The van der Waals surface area contributed by atoms with Crippen molar-refractivity contribution in [1.29, 1.82) is 0 Å². The summed E-state index contributed by atoms with van der Waals surface area (Å²) >= 11 is 4.28. The van der Waals surface area contributed by atoms with Crippen LogP contribution < -0.4 is 37.2 Å². The number of unbranched alkanes of at least 4 members (excludes halogenated alkanes) is 1. The minimum Gasteiger partial charge on any atom is -0.356 e. The number of amides is 12. The van der Waals surface area contributed by atoms with Gasteiger partial charge in [0, 0.05) is 81.7 Å². The highest BCUT2D eigenvalue weighted by molar-refractivity contribution is 7.99. The van der Waals surface area contributed by atoms with Crippen LogP contribution in [0.3, 0.4) is 0 Å². The predicted molar refractivity (Wildman–Crippen MR) is 329 cm³/mol. The average molecular weight is 1250 g/mol. The van der Waals surface area contributed by atoms with E-state index in [4.69, 9.17) is 6.42 Å². The SMILES string of the molecule is C#CCCC(=O)NCCCC[C@H](NC(=O)[C@H](C)N(CCC)C(=O)[C@H](CC(C)(C)C)NC(=O)[C@H](C)NC(C)=O)C(=O)N[C@H](C)C(=O)N1CCC[C@H]1C(=O)N[C@@H](C)C(=O)N[C@H](C=O)CSCCC(=O)N1CN(C(=O)CCSC)CN(C(=O)CCSC)C1.